The maximum absolute atomic E-state index is 12.4. The number of hydrogen-bond donors (Lipinski definition) is 1. The van der Waals surface area contributed by atoms with Crippen LogP contribution in [0.5, 0.6) is 0 Å². The van der Waals surface area contributed by atoms with Gasteiger partial charge in [-0.3, -0.25) is 4.98 Å². The van der Waals surface area contributed by atoms with Gasteiger partial charge in [-0.1, -0.05) is 35.5 Å². The number of benzene rings is 1. The SMILES string of the molecule is O=C(NCc1ccccc1)N1CCC(CCc2noc(-c3cccnc3)n2)C1. The van der Waals surface area contributed by atoms with E-state index in [-0.39, 0.29) is 6.03 Å². The van der Waals surface area contributed by atoms with E-state index in [9.17, 15) is 4.79 Å². The van der Waals surface area contributed by atoms with Crippen molar-refractivity contribution in [1.82, 2.24) is 25.3 Å². The van der Waals surface area contributed by atoms with Crippen LogP contribution in [0, 0.1) is 5.92 Å². The zero-order chi connectivity index (χ0) is 19.2. The molecule has 1 atom stereocenters. The molecular formula is C21H23N5O2. The van der Waals surface area contributed by atoms with E-state index in [4.69, 9.17) is 4.52 Å². The van der Waals surface area contributed by atoms with Crippen molar-refractivity contribution < 1.29 is 9.32 Å². The highest BCUT2D eigenvalue weighted by molar-refractivity contribution is 5.74. The first-order valence-corrected chi connectivity index (χ1v) is 9.57. The molecule has 0 radical (unpaired) electrons. The Hall–Kier alpha value is -3.22. The quantitative estimate of drug-likeness (QED) is 0.712. The maximum Gasteiger partial charge on any atom is 0.317 e. The number of aryl methyl sites for hydroxylation is 1. The summed E-state index contributed by atoms with van der Waals surface area (Å²) in [5.74, 6) is 1.66. The minimum atomic E-state index is 0.00442. The number of urea groups is 1. The van der Waals surface area contributed by atoms with Gasteiger partial charge < -0.3 is 14.7 Å². The van der Waals surface area contributed by atoms with Gasteiger partial charge in [0.2, 0.25) is 0 Å². The summed E-state index contributed by atoms with van der Waals surface area (Å²) in [6.07, 6.45) is 6.11. The zero-order valence-electron chi connectivity index (χ0n) is 15.6. The standard InChI is InChI=1S/C21H23N5O2/c27-21(23-13-16-5-2-1-3-6-16)26-12-10-17(15-26)8-9-19-24-20(28-25-19)18-7-4-11-22-14-18/h1-7,11,14,17H,8-10,12-13,15H2,(H,23,27). The Balaban J connectivity index is 1.23. The first kappa shape index (κ1) is 18.2. The van der Waals surface area contributed by atoms with Crippen molar-refractivity contribution in [3.63, 3.8) is 0 Å². The smallest absolute Gasteiger partial charge is 0.317 e. The third-order valence-electron chi connectivity index (χ3n) is 5.01. The molecule has 1 saturated heterocycles. The van der Waals surface area contributed by atoms with E-state index in [1.165, 1.54) is 0 Å². The Bertz CT molecular complexity index is 897. The van der Waals surface area contributed by atoms with E-state index < -0.39 is 0 Å². The number of pyridine rings is 1. The van der Waals surface area contributed by atoms with Gasteiger partial charge in [0.25, 0.3) is 5.89 Å². The Morgan fingerprint density at radius 1 is 1.21 bits per heavy atom. The van der Waals surface area contributed by atoms with Gasteiger partial charge in [0, 0.05) is 38.4 Å². The normalized spacial score (nSPS) is 16.3. The lowest BCUT2D eigenvalue weighted by Gasteiger charge is -2.17. The fourth-order valence-corrected chi connectivity index (χ4v) is 3.43. The van der Waals surface area contributed by atoms with Crippen molar-refractivity contribution in [2.45, 2.75) is 25.8 Å². The lowest BCUT2D eigenvalue weighted by atomic mass is 10.0. The van der Waals surface area contributed by atoms with Gasteiger partial charge in [0.05, 0.1) is 5.56 Å². The summed E-state index contributed by atoms with van der Waals surface area (Å²) < 4.78 is 5.32. The summed E-state index contributed by atoms with van der Waals surface area (Å²) >= 11 is 0. The first-order valence-electron chi connectivity index (χ1n) is 9.57. The first-order chi connectivity index (χ1) is 13.8. The number of aromatic nitrogens is 3. The van der Waals surface area contributed by atoms with Crippen LogP contribution in [0.15, 0.2) is 59.4 Å². The van der Waals surface area contributed by atoms with Gasteiger partial charge >= 0.3 is 6.03 Å². The number of carbonyl (C=O) groups excluding carboxylic acids is 1. The van der Waals surface area contributed by atoms with Crippen LogP contribution in [0.4, 0.5) is 4.79 Å². The minimum Gasteiger partial charge on any atom is -0.334 e. The summed E-state index contributed by atoms with van der Waals surface area (Å²) in [4.78, 5) is 22.8. The van der Waals surface area contributed by atoms with Gasteiger partial charge in [0.15, 0.2) is 5.82 Å². The monoisotopic (exact) mass is 377 g/mol. The molecule has 3 aromatic rings. The van der Waals surface area contributed by atoms with Gasteiger partial charge in [-0.2, -0.15) is 4.98 Å². The van der Waals surface area contributed by atoms with Crippen LogP contribution in [-0.4, -0.2) is 39.1 Å². The molecule has 1 aliphatic rings. The van der Waals surface area contributed by atoms with Crippen molar-refractivity contribution in [3.8, 4) is 11.5 Å². The summed E-state index contributed by atoms with van der Waals surface area (Å²) in [6.45, 7) is 2.12. The van der Waals surface area contributed by atoms with Gasteiger partial charge in [-0.05, 0) is 36.5 Å². The molecule has 2 aromatic heterocycles. The largest absolute Gasteiger partial charge is 0.334 e. The molecule has 28 heavy (non-hydrogen) atoms. The summed E-state index contributed by atoms with van der Waals surface area (Å²) in [7, 11) is 0. The fourth-order valence-electron chi connectivity index (χ4n) is 3.43. The highest BCUT2D eigenvalue weighted by Gasteiger charge is 2.26. The molecule has 1 aromatic carbocycles. The molecule has 1 unspecified atom stereocenters. The number of amides is 2. The topological polar surface area (TPSA) is 84.2 Å². The molecule has 0 saturated carbocycles. The highest BCUT2D eigenvalue weighted by atomic mass is 16.5. The summed E-state index contributed by atoms with van der Waals surface area (Å²) in [6, 6.07) is 13.7. The lowest BCUT2D eigenvalue weighted by Crippen LogP contribution is -2.38. The number of hydrogen-bond acceptors (Lipinski definition) is 5. The van der Waals surface area contributed by atoms with E-state index in [1.54, 1.807) is 12.4 Å². The lowest BCUT2D eigenvalue weighted by molar-refractivity contribution is 0.206. The van der Waals surface area contributed by atoms with Crippen LogP contribution in [0.25, 0.3) is 11.5 Å². The minimum absolute atomic E-state index is 0.00442. The molecule has 1 fully saturated rings. The summed E-state index contributed by atoms with van der Waals surface area (Å²) in [5.41, 5.74) is 1.93. The third kappa shape index (κ3) is 4.54. The van der Waals surface area contributed by atoms with Crippen LogP contribution in [0.1, 0.15) is 24.2 Å². The van der Waals surface area contributed by atoms with Gasteiger partial charge in [-0.25, -0.2) is 4.79 Å². The van der Waals surface area contributed by atoms with Crippen LogP contribution < -0.4 is 5.32 Å². The second-order valence-electron chi connectivity index (χ2n) is 7.04. The number of nitrogens with zero attached hydrogens (tertiary/aromatic N) is 4. The van der Waals surface area contributed by atoms with Crippen LogP contribution in [0.3, 0.4) is 0 Å². The maximum atomic E-state index is 12.4. The molecule has 7 heteroatoms. The molecule has 1 N–H and O–H groups in total. The van der Waals surface area contributed by atoms with Crippen molar-refractivity contribution in [3.05, 3.63) is 66.2 Å². The van der Waals surface area contributed by atoms with Gasteiger partial charge in [0.1, 0.15) is 0 Å². The van der Waals surface area contributed by atoms with E-state index in [2.05, 4.69) is 20.4 Å². The van der Waals surface area contributed by atoms with Gasteiger partial charge in [-0.15, -0.1) is 0 Å². The predicted octanol–water partition coefficient (Wildman–Crippen LogP) is 3.30. The van der Waals surface area contributed by atoms with Crippen molar-refractivity contribution in [2.24, 2.45) is 5.92 Å². The molecule has 0 aliphatic carbocycles. The van der Waals surface area contributed by atoms with Crippen molar-refractivity contribution in [2.75, 3.05) is 13.1 Å². The van der Waals surface area contributed by atoms with E-state index in [0.717, 1.165) is 43.5 Å². The molecule has 7 nitrogen and oxygen atoms in total. The predicted molar refractivity (Wildman–Crippen MR) is 104 cm³/mol. The molecule has 0 spiro atoms. The molecule has 0 bridgehead atoms. The van der Waals surface area contributed by atoms with E-state index >= 15 is 0 Å². The molecule has 3 heterocycles. The van der Waals surface area contributed by atoms with Crippen molar-refractivity contribution in [1.29, 1.82) is 0 Å². The summed E-state index contributed by atoms with van der Waals surface area (Å²) in [5, 5.41) is 7.06. The number of rotatable bonds is 6. The van der Waals surface area contributed by atoms with E-state index in [1.807, 2.05) is 47.4 Å². The fraction of sp³-hybridized carbons (Fsp3) is 0.333. The number of likely N-dealkylation sites (tertiary alicyclic amines) is 1. The average molecular weight is 377 g/mol. The van der Waals surface area contributed by atoms with Crippen LogP contribution in [-0.2, 0) is 13.0 Å². The molecule has 4 rings (SSSR count). The average Bonchev–Trinajstić information content (AvgIpc) is 3.42. The Kier molecular flexibility index (Phi) is 5.61. The Labute approximate surface area is 163 Å². The third-order valence-corrected chi connectivity index (χ3v) is 5.01. The second-order valence-corrected chi connectivity index (χ2v) is 7.04. The zero-order valence-corrected chi connectivity index (χ0v) is 15.6. The Morgan fingerprint density at radius 3 is 2.93 bits per heavy atom. The van der Waals surface area contributed by atoms with Crippen molar-refractivity contribution >= 4 is 6.03 Å². The number of carbonyl (C=O) groups is 1. The second kappa shape index (κ2) is 8.65. The molecular weight excluding hydrogens is 354 g/mol. The van der Waals surface area contributed by atoms with Crippen LogP contribution >= 0.6 is 0 Å². The molecule has 1 aliphatic heterocycles. The van der Waals surface area contributed by atoms with E-state index in [0.29, 0.717) is 24.2 Å². The molecule has 144 valence electrons. The Morgan fingerprint density at radius 2 is 2.11 bits per heavy atom. The number of nitrogens with one attached hydrogen (secondary N) is 1. The van der Waals surface area contributed by atoms with Crippen LogP contribution in [0.2, 0.25) is 0 Å². The highest BCUT2D eigenvalue weighted by Crippen LogP contribution is 2.22. The molecule has 2 amide bonds.